The minimum Gasteiger partial charge on any atom is -0.456 e. The first kappa shape index (κ1) is 63.6. The zero-order valence-corrected chi connectivity index (χ0v) is 60.2. The van der Waals surface area contributed by atoms with Gasteiger partial charge in [-0.15, -0.1) is 11.3 Å². The monoisotopic (exact) mass is 1410 g/mol. The highest BCUT2D eigenvalue weighted by Crippen LogP contribution is 2.60. The molecule has 0 saturated carbocycles. The number of nitrogens with zero attached hydrogens (tertiary/aromatic N) is 2. The molecule has 20 aromatic rings. The van der Waals surface area contributed by atoms with Crippen LogP contribution in [0.3, 0.4) is 0 Å². The van der Waals surface area contributed by atoms with Crippen molar-refractivity contribution in [1.29, 1.82) is 0 Å². The highest BCUT2D eigenvalue weighted by Gasteiger charge is 2.48. The van der Waals surface area contributed by atoms with Crippen LogP contribution in [0.1, 0.15) is 44.5 Å². The fourth-order valence-corrected chi connectivity index (χ4v) is 19.3. The van der Waals surface area contributed by atoms with E-state index in [1.54, 1.807) is 0 Å². The van der Waals surface area contributed by atoms with E-state index in [2.05, 4.69) is 410 Å². The Kier molecular flexibility index (Phi) is 15.2. The molecule has 0 radical (unpaired) electrons. The van der Waals surface area contributed by atoms with Crippen LogP contribution in [0, 0.1) is 0 Å². The van der Waals surface area contributed by atoms with Crippen LogP contribution in [0.25, 0.3) is 109 Å². The molecule has 0 aliphatic heterocycles. The van der Waals surface area contributed by atoms with Crippen molar-refractivity contribution in [3.05, 3.63) is 457 Å². The fourth-order valence-electron chi connectivity index (χ4n) is 18.0. The summed E-state index contributed by atoms with van der Waals surface area (Å²) in [5.74, 6) is 0. The van der Waals surface area contributed by atoms with E-state index in [1.807, 2.05) is 23.5 Å². The van der Waals surface area contributed by atoms with Gasteiger partial charge < -0.3 is 18.6 Å². The molecule has 0 saturated heterocycles. The zero-order chi connectivity index (χ0) is 72.0. The molecule has 22 rings (SSSR count). The Labute approximate surface area is 636 Å². The average molecular weight is 1410 g/mol. The predicted octanol–water partition coefficient (Wildman–Crippen LogP) is 28.5. The van der Waals surface area contributed by atoms with Crippen LogP contribution in [0.4, 0.5) is 34.1 Å². The number of para-hydroxylation sites is 4. The molecule has 0 fully saturated rings. The molecular formula is C104H68N2O2S. The Morgan fingerprint density at radius 3 is 1.27 bits per heavy atom. The smallest absolute Gasteiger partial charge is 0.143 e. The predicted molar refractivity (Wildman–Crippen MR) is 455 cm³/mol. The third-order valence-electron chi connectivity index (χ3n) is 22.7. The minimum atomic E-state index is -0.474. The van der Waals surface area contributed by atoms with E-state index in [-0.39, 0.29) is 0 Å². The van der Waals surface area contributed by atoms with Gasteiger partial charge >= 0.3 is 0 Å². The first-order valence-corrected chi connectivity index (χ1v) is 38.2. The summed E-state index contributed by atoms with van der Waals surface area (Å²) in [6.07, 6.45) is 0. The number of furan rings is 2. The Morgan fingerprint density at radius 2 is 0.624 bits per heavy atom. The Hall–Kier alpha value is -13.8. The van der Waals surface area contributed by atoms with E-state index in [9.17, 15) is 0 Å². The molecule has 5 heteroatoms. The van der Waals surface area contributed by atoms with Gasteiger partial charge in [0.1, 0.15) is 22.3 Å². The number of rotatable bonds is 12. The summed E-state index contributed by atoms with van der Waals surface area (Å²) < 4.78 is 15.8. The number of benzene rings is 17. The van der Waals surface area contributed by atoms with Gasteiger partial charge in [0.15, 0.2) is 0 Å². The van der Waals surface area contributed by atoms with Gasteiger partial charge in [0.05, 0.1) is 10.8 Å². The lowest BCUT2D eigenvalue weighted by Crippen LogP contribution is -2.28. The quantitative estimate of drug-likeness (QED) is 0.122. The van der Waals surface area contributed by atoms with E-state index in [0.717, 1.165) is 89.1 Å². The molecule has 0 unspecified atom stereocenters. The van der Waals surface area contributed by atoms with Crippen molar-refractivity contribution in [2.75, 3.05) is 9.80 Å². The zero-order valence-electron chi connectivity index (χ0n) is 59.4. The summed E-state index contributed by atoms with van der Waals surface area (Å²) in [7, 11) is 0. The maximum Gasteiger partial charge on any atom is 0.143 e. The number of anilines is 6. The molecule has 2 aliphatic carbocycles. The lowest BCUT2D eigenvalue weighted by atomic mass is 9.67. The molecule has 17 aromatic carbocycles. The second kappa shape index (κ2) is 26.0. The van der Waals surface area contributed by atoms with Crippen LogP contribution in [0.5, 0.6) is 0 Å². The first-order chi connectivity index (χ1) is 54.1. The molecule has 3 aromatic heterocycles. The number of thiophene rings is 1. The maximum absolute atomic E-state index is 6.84. The lowest BCUT2D eigenvalue weighted by Gasteiger charge is -2.34. The van der Waals surface area contributed by atoms with Gasteiger partial charge in [0.2, 0.25) is 0 Å². The number of fused-ring (bicyclic) bond motifs is 15. The largest absolute Gasteiger partial charge is 0.456 e. The molecule has 0 N–H and O–H groups in total. The van der Waals surface area contributed by atoms with E-state index in [0.29, 0.717) is 0 Å². The molecule has 512 valence electrons. The van der Waals surface area contributed by atoms with Crippen molar-refractivity contribution in [2.45, 2.75) is 10.8 Å². The molecule has 109 heavy (non-hydrogen) atoms. The van der Waals surface area contributed by atoms with Crippen LogP contribution in [-0.4, -0.2) is 0 Å². The molecular weight excluding hydrogens is 1340 g/mol. The second-order valence-corrected chi connectivity index (χ2v) is 29.5. The summed E-state index contributed by atoms with van der Waals surface area (Å²) in [5, 5.41) is 7.04. The second-order valence-electron chi connectivity index (χ2n) is 28.5. The topological polar surface area (TPSA) is 32.8 Å². The average Bonchev–Trinajstić information content (AvgIpc) is 1.55. The molecule has 4 nitrogen and oxygen atoms in total. The SMILES string of the molecule is c1ccc(-c2ccc(N(c3ccccc3)c3cccc(-c4cccc5c4oc4ccc(C6(c7ccccc7)c7ccccc7-c7ccccc76)cc45)c3)cc2)cc1.c1ccc(N(c2ccc3c(c2)oc2ccccc23)c2ccc3c(c2)sc2c(C4(c5ccccc5)c5ccccc5-c5ccccc54)cccc23)cc1. The van der Waals surface area contributed by atoms with Gasteiger partial charge in [-0.2, -0.15) is 0 Å². The molecule has 3 heterocycles. The van der Waals surface area contributed by atoms with Crippen LogP contribution in [0.2, 0.25) is 0 Å². The lowest BCUT2D eigenvalue weighted by molar-refractivity contribution is 0.668. The summed E-state index contributed by atoms with van der Waals surface area (Å²) in [6.45, 7) is 0. The van der Waals surface area contributed by atoms with E-state index < -0.39 is 10.8 Å². The summed E-state index contributed by atoms with van der Waals surface area (Å²) in [5.41, 5.74) is 29.3. The van der Waals surface area contributed by atoms with Crippen molar-refractivity contribution < 1.29 is 8.83 Å². The van der Waals surface area contributed by atoms with Crippen LogP contribution >= 0.6 is 11.3 Å². The van der Waals surface area contributed by atoms with Crippen molar-refractivity contribution in [2.24, 2.45) is 0 Å². The standard InChI is InChI=1S/C55H37NO.C49H31NOS/c1-4-16-38(17-5-1)39-30-33-44(34-31-39)56(43-21-8-3-9-22-43)45-23-14-18-40(36-45)46-26-15-27-49-50-37-42(32-35-53(50)57-54(46)49)55(41-19-6-2-7-20-41)51-28-12-10-24-47(51)48-25-11-13-29-52(48)55;1-3-14-32(15-4-1)49(42-22-10-7-18-36(42)37-19-8-11-23-43(37)49)44-24-13-21-41-40-29-27-35(31-47(40)52-48(41)44)50(33-16-5-2-6-17-33)34-26-28-39-38-20-9-12-25-45(38)51-46(39)30-34/h1-37H;1-31H. The van der Waals surface area contributed by atoms with Gasteiger partial charge in [-0.3, -0.25) is 0 Å². The van der Waals surface area contributed by atoms with Gasteiger partial charge in [0.25, 0.3) is 0 Å². The van der Waals surface area contributed by atoms with Crippen molar-refractivity contribution in [3.63, 3.8) is 0 Å². The van der Waals surface area contributed by atoms with Crippen LogP contribution in [0.15, 0.2) is 421 Å². The highest BCUT2D eigenvalue weighted by atomic mass is 32.1. The Morgan fingerprint density at radius 1 is 0.211 bits per heavy atom. The van der Waals surface area contributed by atoms with E-state index in [4.69, 9.17) is 8.83 Å². The summed E-state index contributed by atoms with van der Waals surface area (Å²) >= 11 is 1.90. The summed E-state index contributed by atoms with van der Waals surface area (Å²) in [4.78, 5) is 4.66. The Bertz CT molecular complexity index is 6770. The van der Waals surface area contributed by atoms with Gasteiger partial charge in [-0.25, -0.2) is 0 Å². The maximum atomic E-state index is 6.84. The Balaban J connectivity index is 0.000000139. The van der Waals surface area contributed by atoms with Crippen LogP contribution < -0.4 is 9.80 Å². The molecule has 0 bridgehead atoms. The summed E-state index contributed by atoms with van der Waals surface area (Å²) in [6, 6.07) is 149. The fraction of sp³-hybridized carbons (Fsp3) is 0.0192. The third kappa shape index (κ3) is 10.2. The molecule has 0 atom stereocenters. The minimum absolute atomic E-state index is 0.449. The highest BCUT2D eigenvalue weighted by molar-refractivity contribution is 7.26. The third-order valence-corrected chi connectivity index (χ3v) is 23.9. The molecule has 0 spiro atoms. The van der Waals surface area contributed by atoms with Crippen molar-refractivity contribution >= 4 is 110 Å². The normalized spacial score (nSPS) is 12.9. The van der Waals surface area contributed by atoms with Crippen molar-refractivity contribution in [1.82, 2.24) is 0 Å². The van der Waals surface area contributed by atoms with E-state index in [1.165, 1.54) is 98.1 Å². The van der Waals surface area contributed by atoms with Gasteiger partial charge in [-0.05, 0) is 174 Å². The number of hydrogen-bond acceptors (Lipinski definition) is 5. The van der Waals surface area contributed by atoms with Crippen LogP contribution in [-0.2, 0) is 10.8 Å². The molecule has 2 aliphatic rings. The first-order valence-electron chi connectivity index (χ1n) is 37.4. The number of hydrogen-bond donors (Lipinski definition) is 0. The van der Waals surface area contributed by atoms with Gasteiger partial charge in [-0.1, -0.05) is 315 Å². The van der Waals surface area contributed by atoms with E-state index >= 15 is 0 Å². The molecule has 0 amide bonds. The van der Waals surface area contributed by atoms with Crippen molar-refractivity contribution in [3.8, 4) is 44.5 Å². The van der Waals surface area contributed by atoms with Gasteiger partial charge in [0, 0.05) is 87.5 Å².